The summed E-state index contributed by atoms with van der Waals surface area (Å²) in [4.78, 5) is 1.65. The molecule has 0 bridgehead atoms. The van der Waals surface area contributed by atoms with Gasteiger partial charge in [0.05, 0.1) is 14.2 Å². The van der Waals surface area contributed by atoms with Crippen molar-refractivity contribution in [1.82, 2.24) is 9.21 Å². The molecule has 160 valence electrons. The van der Waals surface area contributed by atoms with Crippen molar-refractivity contribution in [3.63, 3.8) is 0 Å². The fourth-order valence-corrected chi connectivity index (χ4v) is 5.74. The molecule has 0 N–H and O–H groups in total. The number of sulfonamides is 1. The Labute approximate surface area is 178 Å². The second-order valence-electron chi connectivity index (χ2n) is 7.55. The number of nitriles is 1. The summed E-state index contributed by atoms with van der Waals surface area (Å²) in [7, 11) is -0.983. The molecule has 0 unspecified atom stereocenters. The Bertz CT molecular complexity index is 1040. The fraction of sp³-hybridized carbons (Fsp3) is 0.409. The maximum Gasteiger partial charge on any atom is 0.247 e. The summed E-state index contributed by atoms with van der Waals surface area (Å²) < 4.78 is 39.7. The van der Waals surface area contributed by atoms with Gasteiger partial charge in [0.25, 0.3) is 0 Å². The Balaban J connectivity index is 2.08. The van der Waals surface area contributed by atoms with Gasteiger partial charge in [-0.2, -0.15) is 9.57 Å². The van der Waals surface area contributed by atoms with Gasteiger partial charge < -0.3 is 14.4 Å². The van der Waals surface area contributed by atoms with Crippen molar-refractivity contribution in [3.05, 3.63) is 53.1 Å². The third-order valence-corrected chi connectivity index (χ3v) is 7.21. The van der Waals surface area contributed by atoms with Gasteiger partial charge in [-0.15, -0.1) is 0 Å². The Kier molecular flexibility index (Phi) is 6.54. The number of hydrogen-bond acceptors (Lipinski definition) is 6. The van der Waals surface area contributed by atoms with Gasteiger partial charge in [0.15, 0.2) is 6.19 Å². The van der Waals surface area contributed by atoms with Gasteiger partial charge in [0.1, 0.15) is 16.4 Å². The van der Waals surface area contributed by atoms with Crippen LogP contribution in [0.25, 0.3) is 0 Å². The van der Waals surface area contributed by atoms with Crippen molar-refractivity contribution < 1.29 is 17.9 Å². The second-order valence-corrected chi connectivity index (χ2v) is 9.41. The van der Waals surface area contributed by atoms with Crippen LogP contribution in [0.1, 0.15) is 23.1 Å². The lowest BCUT2D eigenvalue weighted by atomic mass is 10.1. The first-order valence-corrected chi connectivity index (χ1v) is 11.2. The van der Waals surface area contributed by atoms with Crippen LogP contribution in [0.15, 0.2) is 41.3 Å². The Morgan fingerprint density at radius 3 is 2.40 bits per heavy atom. The number of aryl methyl sites for hydroxylation is 2. The minimum Gasteiger partial charge on any atom is -0.497 e. The molecule has 1 aliphatic rings. The highest BCUT2D eigenvalue weighted by Crippen LogP contribution is 2.34. The van der Waals surface area contributed by atoms with E-state index in [0.29, 0.717) is 25.3 Å². The zero-order valence-corrected chi connectivity index (χ0v) is 18.6. The third kappa shape index (κ3) is 4.53. The van der Waals surface area contributed by atoms with E-state index in [-0.39, 0.29) is 23.2 Å². The predicted octanol–water partition coefficient (Wildman–Crippen LogP) is 3.07. The van der Waals surface area contributed by atoms with Crippen LogP contribution in [0, 0.1) is 25.3 Å². The first-order valence-electron chi connectivity index (χ1n) is 9.74. The zero-order chi connectivity index (χ0) is 21.9. The van der Waals surface area contributed by atoms with E-state index in [0.717, 1.165) is 16.7 Å². The molecule has 3 rings (SSSR count). The number of ether oxygens (including phenoxy) is 2. The molecule has 2 aromatic rings. The van der Waals surface area contributed by atoms with E-state index < -0.39 is 10.0 Å². The number of rotatable bonds is 7. The van der Waals surface area contributed by atoms with Crippen molar-refractivity contribution in [2.24, 2.45) is 0 Å². The standard InChI is InChI=1S/C22H27N3O4S/c1-16-9-17(2)11-18(10-16)13-25(19-7-8-24(14-19)15-23)30(26,27)22-12-20(28-3)5-6-21(22)29-4/h5-6,9-12,19H,7-8,13-14H2,1-4H3/t19-/m1/s1. The molecule has 2 aromatic carbocycles. The molecule has 0 radical (unpaired) electrons. The van der Waals surface area contributed by atoms with Crippen LogP contribution in [0.2, 0.25) is 0 Å². The van der Waals surface area contributed by atoms with Crippen molar-refractivity contribution in [1.29, 1.82) is 5.26 Å². The van der Waals surface area contributed by atoms with Crippen LogP contribution in [0.4, 0.5) is 0 Å². The quantitative estimate of drug-likeness (QED) is 0.629. The fourth-order valence-electron chi connectivity index (χ4n) is 3.93. The van der Waals surface area contributed by atoms with E-state index >= 15 is 0 Å². The molecule has 0 saturated carbocycles. The number of likely N-dealkylation sites (tertiary alicyclic amines) is 1. The molecule has 0 amide bonds. The Morgan fingerprint density at radius 2 is 1.83 bits per heavy atom. The molecule has 0 aliphatic carbocycles. The van der Waals surface area contributed by atoms with Crippen LogP contribution in [0.5, 0.6) is 11.5 Å². The summed E-state index contributed by atoms with van der Waals surface area (Å²) in [5, 5.41) is 9.27. The number of nitrogens with zero attached hydrogens (tertiary/aromatic N) is 3. The van der Waals surface area contributed by atoms with E-state index in [1.807, 2.05) is 26.0 Å². The number of hydrogen-bond donors (Lipinski definition) is 0. The molecule has 0 spiro atoms. The normalized spacial score (nSPS) is 16.5. The molecule has 0 aromatic heterocycles. The summed E-state index contributed by atoms with van der Waals surface area (Å²) in [6.07, 6.45) is 2.72. The highest BCUT2D eigenvalue weighted by molar-refractivity contribution is 7.89. The Morgan fingerprint density at radius 1 is 1.13 bits per heavy atom. The summed E-state index contributed by atoms with van der Waals surface area (Å²) in [5.74, 6) is 0.696. The van der Waals surface area contributed by atoms with Gasteiger partial charge in [0.2, 0.25) is 10.0 Å². The lowest BCUT2D eigenvalue weighted by Crippen LogP contribution is -2.41. The maximum atomic E-state index is 13.8. The van der Waals surface area contributed by atoms with Crippen molar-refractivity contribution >= 4 is 10.0 Å². The van der Waals surface area contributed by atoms with Gasteiger partial charge in [-0.05, 0) is 38.0 Å². The smallest absolute Gasteiger partial charge is 0.247 e. The summed E-state index contributed by atoms with van der Waals surface area (Å²) in [6.45, 7) is 5.11. The molecule has 1 atom stereocenters. The predicted molar refractivity (Wildman–Crippen MR) is 114 cm³/mol. The molecule has 7 nitrogen and oxygen atoms in total. The molecule has 8 heteroatoms. The Hall–Kier alpha value is -2.76. The zero-order valence-electron chi connectivity index (χ0n) is 17.8. The highest BCUT2D eigenvalue weighted by Gasteiger charge is 2.37. The van der Waals surface area contributed by atoms with E-state index in [1.54, 1.807) is 17.0 Å². The minimum absolute atomic E-state index is 0.0594. The van der Waals surface area contributed by atoms with Gasteiger partial charge in [-0.25, -0.2) is 8.42 Å². The molecule has 1 aliphatic heterocycles. The lowest BCUT2D eigenvalue weighted by molar-refractivity contribution is 0.311. The van der Waals surface area contributed by atoms with Crippen LogP contribution < -0.4 is 9.47 Å². The summed E-state index contributed by atoms with van der Waals surface area (Å²) >= 11 is 0. The van der Waals surface area contributed by atoms with Gasteiger partial charge >= 0.3 is 0 Å². The largest absolute Gasteiger partial charge is 0.497 e. The number of methoxy groups -OCH3 is 2. The second kappa shape index (κ2) is 8.94. The first kappa shape index (κ1) is 21.9. The average Bonchev–Trinajstić information content (AvgIpc) is 3.19. The molecule has 1 fully saturated rings. The van der Waals surface area contributed by atoms with Gasteiger partial charge in [-0.3, -0.25) is 0 Å². The first-order chi connectivity index (χ1) is 14.3. The maximum absolute atomic E-state index is 13.8. The molecule has 1 saturated heterocycles. The third-order valence-electron chi connectivity index (χ3n) is 5.29. The molecular weight excluding hydrogens is 402 g/mol. The van der Waals surface area contributed by atoms with Crippen molar-refractivity contribution in [2.75, 3.05) is 27.3 Å². The van der Waals surface area contributed by atoms with E-state index in [4.69, 9.17) is 9.47 Å². The van der Waals surface area contributed by atoms with Crippen LogP contribution in [0.3, 0.4) is 0 Å². The topological polar surface area (TPSA) is 82.9 Å². The van der Waals surface area contributed by atoms with E-state index in [1.165, 1.54) is 24.6 Å². The molecular formula is C22H27N3O4S. The average molecular weight is 430 g/mol. The van der Waals surface area contributed by atoms with Gasteiger partial charge in [0, 0.05) is 31.7 Å². The SMILES string of the molecule is COc1ccc(OC)c(S(=O)(=O)N(Cc2cc(C)cc(C)c2)[C@@H]2CCN(C#N)C2)c1. The van der Waals surface area contributed by atoms with Crippen molar-refractivity contribution in [3.8, 4) is 17.7 Å². The lowest BCUT2D eigenvalue weighted by Gasteiger charge is -2.29. The summed E-state index contributed by atoms with van der Waals surface area (Å²) in [6, 6.07) is 10.5. The monoisotopic (exact) mass is 429 g/mol. The van der Waals surface area contributed by atoms with Crippen LogP contribution in [-0.4, -0.2) is 51.0 Å². The number of benzene rings is 2. The molecule has 1 heterocycles. The summed E-state index contributed by atoms with van der Waals surface area (Å²) in [5.41, 5.74) is 3.06. The van der Waals surface area contributed by atoms with E-state index in [9.17, 15) is 13.7 Å². The highest BCUT2D eigenvalue weighted by atomic mass is 32.2. The van der Waals surface area contributed by atoms with Crippen LogP contribution in [-0.2, 0) is 16.6 Å². The van der Waals surface area contributed by atoms with Gasteiger partial charge in [-0.1, -0.05) is 29.3 Å². The van der Waals surface area contributed by atoms with Crippen molar-refractivity contribution in [2.45, 2.75) is 37.8 Å². The van der Waals surface area contributed by atoms with Crippen LogP contribution >= 0.6 is 0 Å². The van der Waals surface area contributed by atoms with E-state index in [2.05, 4.69) is 12.3 Å². The molecule has 30 heavy (non-hydrogen) atoms. The minimum atomic E-state index is -3.92.